The zero-order valence-electron chi connectivity index (χ0n) is 9.54. The summed E-state index contributed by atoms with van der Waals surface area (Å²) < 4.78 is 76.6. The molecule has 2 N–H and O–H groups in total. The molecule has 0 amide bonds. The highest BCUT2D eigenvalue weighted by atomic mass is 35.5. The summed E-state index contributed by atoms with van der Waals surface area (Å²) in [7, 11) is 0. The maximum Gasteiger partial charge on any atom is 0.418 e. The molecule has 11 heteroatoms. The van der Waals surface area contributed by atoms with Gasteiger partial charge in [0.15, 0.2) is 0 Å². The van der Waals surface area contributed by atoms with Crippen LogP contribution in [0.4, 0.5) is 26.3 Å². The molecule has 1 aromatic heterocycles. The minimum Gasteiger partial charge on any atom is -0.316 e. The Morgan fingerprint density at radius 3 is 1.90 bits per heavy atom. The average molecular weight is 333 g/mol. The molecule has 2 aromatic rings. The quantitative estimate of drug-likeness (QED) is 0.575. The van der Waals surface area contributed by atoms with E-state index in [4.69, 9.17) is 11.6 Å². The van der Waals surface area contributed by atoms with Crippen LogP contribution in [0.25, 0.3) is 11.0 Å². The fourth-order valence-electron chi connectivity index (χ4n) is 1.72. The molecule has 21 heavy (non-hydrogen) atoms. The van der Waals surface area contributed by atoms with Crippen LogP contribution in [0.15, 0.2) is 15.7 Å². The highest BCUT2D eigenvalue weighted by molar-refractivity contribution is 6.35. The fourth-order valence-corrected chi connectivity index (χ4v) is 2.08. The molecule has 0 saturated heterocycles. The highest BCUT2D eigenvalue weighted by Crippen LogP contribution is 2.45. The molecule has 0 saturated carbocycles. The summed E-state index contributed by atoms with van der Waals surface area (Å²) in [5, 5.41) is -1.35. The van der Waals surface area contributed by atoms with Crippen LogP contribution in [0, 0.1) is 0 Å². The van der Waals surface area contributed by atoms with E-state index >= 15 is 0 Å². The molecule has 0 atom stereocenters. The topological polar surface area (TPSA) is 65.7 Å². The van der Waals surface area contributed by atoms with Crippen LogP contribution in [-0.2, 0) is 12.4 Å². The van der Waals surface area contributed by atoms with E-state index in [0.29, 0.717) is 0 Å². The SMILES string of the molecule is O=c1[nH]c2cc(C(F)(F)F)c(C(F)(F)F)c(Cl)c2[nH]c1=O. The van der Waals surface area contributed by atoms with Gasteiger partial charge in [0, 0.05) is 0 Å². The monoisotopic (exact) mass is 332 g/mol. The van der Waals surface area contributed by atoms with Crippen LogP contribution in [0.5, 0.6) is 0 Å². The standard InChI is InChI=1S/C10H3ClF6N2O2/c11-5-4(10(15,16)17)2(9(12,13)14)1-3-6(5)19-8(21)7(20)18-3/h1H,(H,18,20)(H,19,21). The first kappa shape index (κ1) is 15.4. The largest absolute Gasteiger partial charge is 0.418 e. The number of rotatable bonds is 0. The predicted octanol–water partition coefficient (Wildman–Crippen LogP) is 2.91. The summed E-state index contributed by atoms with van der Waals surface area (Å²) >= 11 is 5.35. The molecular formula is C10H3ClF6N2O2. The number of aromatic amines is 2. The number of H-pyrrole nitrogens is 2. The highest BCUT2D eigenvalue weighted by Gasteiger charge is 2.45. The van der Waals surface area contributed by atoms with E-state index in [1.807, 2.05) is 0 Å². The molecule has 0 spiro atoms. The van der Waals surface area contributed by atoms with Crippen LogP contribution in [0.3, 0.4) is 0 Å². The van der Waals surface area contributed by atoms with E-state index in [-0.39, 0.29) is 6.07 Å². The summed E-state index contributed by atoms with van der Waals surface area (Å²) in [5.41, 5.74) is -8.24. The number of aromatic nitrogens is 2. The van der Waals surface area contributed by atoms with Crippen molar-refractivity contribution in [1.82, 2.24) is 9.97 Å². The molecule has 2 rings (SSSR count). The lowest BCUT2D eigenvalue weighted by Gasteiger charge is -2.18. The summed E-state index contributed by atoms with van der Waals surface area (Å²) in [6.07, 6.45) is -10.8. The van der Waals surface area contributed by atoms with Gasteiger partial charge in [0.05, 0.1) is 27.2 Å². The van der Waals surface area contributed by atoms with Crippen LogP contribution in [0.2, 0.25) is 5.02 Å². The van der Waals surface area contributed by atoms with E-state index in [1.165, 1.54) is 0 Å². The van der Waals surface area contributed by atoms with Gasteiger partial charge in [0.1, 0.15) is 0 Å². The first-order chi connectivity index (χ1) is 9.43. The normalized spacial score (nSPS) is 12.9. The second-order valence-electron chi connectivity index (χ2n) is 3.94. The Kier molecular flexibility index (Phi) is 3.32. The average Bonchev–Trinajstić information content (AvgIpc) is 2.28. The number of alkyl halides is 6. The molecule has 0 radical (unpaired) electrons. The van der Waals surface area contributed by atoms with E-state index < -0.39 is 50.7 Å². The van der Waals surface area contributed by atoms with Gasteiger partial charge in [-0.2, -0.15) is 26.3 Å². The van der Waals surface area contributed by atoms with Crippen LogP contribution in [0.1, 0.15) is 11.1 Å². The first-order valence-electron chi connectivity index (χ1n) is 5.06. The Hall–Kier alpha value is -1.97. The third kappa shape index (κ3) is 2.62. The van der Waals surface area contributed by atoms with E-state index in [0.717, 1.165) is 0 Å². The van der Waals surface area contributed by atoms with Crippen molar-refractivity contribution in [2.75, 3.05) is 0 Å². The molecule has 0 unspecified atom stereocenters. The second kappa shape index (κ2) is 4.52. The molecular weight excluding hydrogens is 330 g/mol. The molecule has 0 bridgehead atoms. The number of hydrogen-bond acceptors (Lipinski definition) is 2. The maximum absolute atomic E-state index is 12.8. The molecule has 114 valence electrons. The summed E-state index contributed by atoms with van der Waals surface area (Å²) in [6, 6.07) is 0.0708. The zero-order chi connectivity index (χ0) is 16.2. The summed E-state index contributed by atoms with van der Waals surface area (Å²) in [4.78, 5) is 25.6. The number of halogens is 7. The van der Waals surface area contributed by atoms with Crippen molar-refractivity contribution in [2.24, 2.45) is 0 Å². The van der Waals surface area contributed by atoms with Gasteiger partial charge in [-0.15, -0.1) is 0 Å². The minimum atomic E-state index is -5.40. The Morgan fingerprint density at radius 2 is 1.43 bits per heavy atom. The third-order valence-corrected chi connectivity index (χ3v) is 2.93. The second-order valence-corrected chi connectivity index (χ2v) is 4.32. The molecule has 1 aromatic carbocycles. The van der Waals surface area contributed by atoms with E-state index in [2.05, 4.69) is 0 Å². The van der Waals surface area contributed by atoms with E-state index in [9.17, 15) is 35.9 Å². The number of fused-ring (bicyclic) bond motifs is 1. The van der Waals surface area contributed by atoms with Gasteiger partial charge in [-0.05, 0) is 6.07 Å². The van der Waals surface area contributed by atoms with Gasteiger partial charge in [-0.25, -0.2) is 0 Å². The van der Waals surface area contributed by atoms with Crippen molar-refractivity contribution < 1.29 is 26.3 Å². The zero-order valence-corrected chi connectivity index (χ0v) is 10.3. The fraction of sp³-hybridized carbons (Fsp3) is 0.200. The molecule has 0 aliphatic carbocycles. The molecule has 4 nitrogen and oxygen atoms in total. The van der Waals surface area contributed by atoms with Crippen molar-refractivity contribution in [1.29, 1.82) is 0 Å². The van der Waals surface area contributed by atoms with Crippen molar-refractivity contribution in [3.8, 4) is 0 Å². The van der Waals surface area contributed by atoms with Crippen LogP contribution < -0.4 is 11.1 Å². The molecule has 1 heterocycles. The predicted molar refractivity (Wildman–Crippen MR) is 60.2 cm³/mol. The lowest BCUT2D eigenvalue weighted by molar-refractivity contribution is -0.161. The molecule has 0 fully saturated rings. The third-order valence-electron chi connectivity index (χ3n) is 2.55. The summed E-state index contributed by atoms with van der Waals surface area (Å²) in [6.45, 7) is 0. The van der Waals surface area contributed by atoms with Gasteiger partial charge >= 0.3 is 23.5 Å². The maximum atomic E-state index is 12.8. The Labute approximate surface area is 115 Å². The summed E-state index contributed by atoms with van der Waals surface area (Å²) in [5.74, 6) is 0. The van der Waals surface area contributed by atoms with Gasteiger partial charge < -0.3 is 9.97 Å². The molecule has 0 aliphatic heterocycles. The van der Waals surface area contributed by atoms with Crippen LogP contribution in [-0.4, -0.2) is 9.97 Å². The van der Waals surface area contributed by atoms with E-state index in [1.54, 1.807) is 9.97 Å². The number of hydrogen-bond donors (Lipinski definition) is 2. The van der Waals surface area contributed by atoms with Crippen molar-refractivity contribution >= 4 is 22.6 Å². The van der Waals surface area contributed by atoms with Gasteiger partial charge in [-0.3, -0.25) is 9.59 Å². The van der Waals surface area contributed by atoms with Crippen molar-refractivity contribution in [3.63, 3.8) is 0 Å². The Bertz CT molecular complexity index is 833. The van der Waals surface area contributed by atoms with Gasteiger partial charge in [-0.1, -0.05) is 11.6 Å². The van der Waals surface area contributed by atoms with Crippen molar-refractivity contribution in [3.05, 3.63) is 42.9 Å². The Balaban J connectivity index is 3.06. The smallest absolute Gasteiger partial charge is 0.316 e. The number of benzene rings is 1. The van der Waals surface area contributed by atoms with Crippen LogP contribution >= 0.6 is 11.6 Å². The Morgan fingerprint density at radius 1 is 0.905 bits per heavy atom. The van der Waals surface area contributed by atoms with Gasteiger partial charge in [0.25, 0.3) is 0 Å². The molecule has 0 aliphatic rings. The van der Waals surface area contributed by atoms with Gasteiger partial charge in [0.2, 0.25) is 0 Å². The minimum absolute atomic E-state index is 0.0708. The lowest BCUT2D eigenvalue weighted by atomic mass is 10.0. The lowest BCUT2D eigenvalue weighted by Crippen LogP contribution is -2.29. The van der Waals surface area contributed by atoms with Crippen molar-refractivity contribution in [2.45, 2.75) is 12.4 Å². The number of nitrogens with one attached hydrogen (secondary N) is 2. The first-order valence-corrected chi connectivity index (χ1v) is 5.44.